The molecule has 4 N–H and O–H groups in total. The lowest BCUT2D eigenvalue weighted by atomic mass is 10.0. The molecule has 190 valence electrons. The first-order valence-electron chi connectivity index (χ1n) is 11.6. The summed E-state index contributed by atoms with van der Waals surface area (Å²) in [5, 5.41) is 6.31. The number of anilines is 3. The van der Waals surface area contributed by atoms with Crippen LogP contribution in [0.2, 0.25) is 0 Å². The molecule has 0 bridgehead atoms. The minimum Gasteiger partial charge on any atom is -0.444 e. The molecule has 2 heterocycles. The number of piperidine rings is 1. The molecule has 2 atom stereocenters. The number of nitrogens with one attached hydrogen (secondary N) is 2. The number of nitrogens with zero attached hydrogens (tertiary/aromatic N) is 3. The minimum atomic E-state index is -1.36. The van der Waals surface area contributed by atoms with Crippen molar-refractivity contribution in [2.75, 3.05) is 37.8 Å². The molecule has 3 rings (SSSR count). The highest BCUT2D eigenvalue weighted by Gasteiger charge is 2.34. The number of aromatic nitrogens is 1. The molecule has 0 aliphatic carbocycles. The Hall–Kier alpha value is -3.40. The minimum absolute atomic E-state index is 0.103. The molecule has 0 saturated carbocycles. The van der Waals surface area contributed by atoms with Gasteiger partial charge in [0.1, 0.15) is 17.6 Å². The van der Waals surface area contributed by atoms with Crippen LogP contribution in [0.1, 0.15) is 43.1 Å². The fourth-order valence-electron chi connectivity index (χ4n) is 3.81. The van der Waals surface area contributed by atoms with Gasteiger partial charge < -0.3 is 30.9 Å². The number of likely N-dealkylation sites (tertiary alicyclic amines) is 1. The van der Waals surface area contributed by atoms with E-state index in [0.717, 1.165) is 12.2 Å². The highest BCUT2D eigenvalue weighted by atomic mass is 19.1. The average molecular weight is 487 g/mol. The van der Waals surface area contributed by atoms with Crippen molar-refractivity contribution < 1.29 is 18.7 Å². The van der Waals surface area contributed by atoms with Gasteiger partial charge in [-0.05, 0) is 59.0 Å². The summed E-state index contributed by atoms with van der Waals surface area (Å²) in [6.07, 6.45) is -0.178. The molecule has 1 aliphatic rings. The number of primary amides is 1. The van der Waals surface area contributed by atoms with Gasteiger partial charge in [0.05, 0.1) is 23.8 Å². The number of rotatable bonds is 7. The number of pyridine rings is 1. The van der Waals surface area contributed by atoms with Crippen molar-refractivity contribution in [3.63, 3.8) is 0 Å². The number of amides is 2. The normalized spacial score (nSPS) is 18.3. The van der Waals surface area contributed by atoms with Crippen LogP contribution < -0.4 is 16.4 Å². The fraction of sp³-hybridized carbons (Fsp3) is 0.480. The fourth-order valence-corrected chi connectivity index (χ4v) is 3.81. The third kappa shape index (κ3) is 7.54. The molecule has 0 radical (unpaired) electrons. The van der Waals surface area contributed by atoms with Gasteiger partial charge in [-0.15, -0.1) is 0 Å². The SMILES string of the molecule is CN(C)Cc1ccc(Nc2cc(N[C@@H]3CCN(C(=O)OC(C)(C)C)C[C@@H]3F)c(C(N)=O)cn2)cc1. The summed E-state index contributed by atoms with van der Waals surface area (Å²) < 4.78 is 20.4. The van der Waals surface area contributed by atoms with Gasteiger partial charge in [0.2, 0.25) is 0 Å². The van der Waals surface area contributed by atoms with Gasteiger partial charge in [0.15, 0.2) is 0 Å². The van der Waals surface area contributed by atoms with Crippen LogP contribution in [0.15, 0.2) is 36.5 Å². The Balaban J connectivity index is 1.70. The maximum atomic E-state index is 15.0. The molecule has 1 aromatic carbocycles. The molecule has 1 fully saturated rings. The second-order valence-corrected chi connectivity index (χ2v) is 10.0. The first-order chi connectivity index (χ1) is 16.4. The van der Waals surface area contributed by atoms with Crippen molar-refractivity contribution >= 4 is 29.2 Å². The largest absolute Gasteiger partial charge is 0.444 e. The topological polar surface area (TPSA) is 113 Å². The van der Waals surface area contributed by atoms with E-state index >= 15 is 4.39 Å². The van der Waals surface area contributed by atoms with E-state index in [2.05, 4.69) is 20.5 Å². The third-order valence-corrected chi connectivity index (χ3v) is 5.43. The highest BCUT2D eigenvalue weighted by molar-refractivity contribution is 5.98. The maximum Gasteiger partial charge on any atom is 0.410 e. The predicted molar refractivity (Wildman–Crippen MR) is 135 cm³/mol. The number of hydrogen-bond acceptors (Lipinski definition) is 7. The monoisotopic (exact) mass is 486 g/mol. The first-order valence-corrected chi connectivity index (χ1v) is 11.6. The second kappa shape index (κ2) is 10.9. The Morgan fingerprint density at radius 1 is 1.26 bits per heavy atom. The molecule has 10 heteroatoms. The average Bonchev–Trinajstić information content (AvgIpc) is 2.75. The molecule has 35 heavy (non-hydrogen) atoms. The summed E-state index contributed by atoms with van der Waals surface area (Å²) in [6, 6.07) is 8.96. The van der Waals surface area contributed by atoms with Gasteiger partial charge in [-0.2, -0.15) is 0 Å². The maximum absolute atomic E-state index is 15.0. The summed E-state index contributed by atoms with van der Waals surface area (Å²) >= 11 is 0. The Morgan fingerprint density at radius 2 is 1.94 bits per heavy atom. The molecular formula is C25H35FN6O3. The lowest BCUT2D eigenvalue weighted by Gasteiger charge is -2.36. The zero-order valence-corrected chi connectivity index (χ0v) is 21.0. The van der Waals surface area contributed by atoms with Crippen molar-refractivity contribution in [3.05, 3.63) is 47.7 Å². The predicted octanol–water partition coefficient (Wildman–Crippen LogP) is 3.75. The molecule has 2 amide bonds. The van der Waals surface area contributed by atoms with E-state index in [1.807, 2.05) is 38.4 Å². The smallest absolute Gasteiger partial charge is 0.410 e. The van der Waals surface area contributed by atoms with Gasteiger partial charge in [-0.1, -0.05) is 12.1 Å². The second-order valence-electron chi connectivity index (χ2n) is 10.0. The van der Waals surface area contributed by atoms with Crippen molar-refractivity contribution in [2.24, 2.45) is 5.73 Å². The third-order valence-electron chi connectivity index (χ3n) is 5.43. The van der Waals surface area contributed by atoms with Gasteiger partial charge in [-0.25, -0.2) is 14.2 Å². The molecule has 1 saturated heterocycles. The molecule has 0 spiro atoms. The van der Waals surface area contributed by atoms with Crippen molar-refractivity contribution in [2.45, 2.75) is 51.6 Å². The van der Waals surface area contributed by atoms with E-state index in [4.69, 9.17) is 10.5 Å². The van der Waals surface area contributed by atoms with Crippen LogP contribution in [0.3, 0.4) is 0 Å². The van der Waals surface area contributed by atoms with E-state index in [-0.39, 0.29) is 12.1 Å². The first kappa shape index (κ1) is 26.2. The molecular weight excluding hydrogens is 451 g/mol. The molecule has 0 unspecified atom stereocenters. The zero-order chi connectivity index (χ0) is 25.8. The van der Waals surface area contributed by atoms with E-state index in [0.29, 0.717) is 24.5 Å². The Morgan fingerprint density at radius 3 is 2.51 bits per heavy atom. The van der Waals surface area contributed by atoms with Gasteiger partial charge in [-0.3, -0.25) is 4.79 Å². The molecule has 9 nitrogen and oxygen atoms in total. The van der Waals surface area contributed by atoms with Crippen molar-refractivity contribution in [1.29, 1.82) is 0 Å². The molecule has 1 aromatic heterocycles. The number of hydrogen-bond donors (Lipinski definition) is 3. The Kier molecular flexibility index (Phi) is 8.16. The summed E-state index contributed by atoms with van der Waals surface area (Å²) in [6.45, 7) is 6.36. The van der Waals surface area contributed by atoms with Crippen molar-refractivity contribution in [1.82, 2.24) is 14.8 Å². The van der Waals surface area contributed by atoms with Crippen LogP contribution in [0.5, 0.6) is 0 Å². The van der Waals surface area contributed by atoms with Gasteiger partial charge >= 0.3 is 6.09 Å². The lowest BCUT2D eigenvalue weighted by molar-refractivity contribution is 0.0125. The van der Waals surface area contributed by atoms with Gasteiger partial charge in [0, 0.05) is 31.0 Å². The Bertz CT molecular complexity index is 1040. The van der Waals surface area contributed by atoms with Crippen LogP contribution in [0, 0.1) is 0 Å². The van der Waals surface area contributed by atoms with Crippen LogP contribution >= 0.6 is 0 Å². The summed E-state index contributed by atoms with van der Waals surface area (Å²) in [5.74, 6) is -0.180. The number of carbonyl (C=O) groups is 2. The highest BCUT2D eigenvalue weighted by Crippen LogP contribution is 2.26. The van der Waals surface area contributed by atoms with Crippen molar-refractivity contribution in [3.8, 4) is 0 Å². The summed E-state index contributed by atoms with van der Waals surface area (Å²) in [7, 11) is 4.02. The standard InChI is InChI=1S/C25H35FN6O3/c1-25(2,3)35-24(34)32-11-10-20(19(26)15-32)30-21-12-22(28-13-18(21)23(27)33)29-17-8-6-16(7-9-17)14-31(4)5/h6-9,12-13,19-20H,10-11,14-15H2,1-5H3,(H2,27,33)(H2,28,29,30)/t19-,20+/m0/s1. The summed E-state index contributed by atoms with van der Waals surface area (Å²) in [4.78, 5) is 32.0. The molecule has 2 aromatic rings. The van der Waals surface area contributed by atoms with Crippen LogP contribution in [-0.2, 0) is 11.3 Å². The van der Waals surface area contributed by atoms with Crippen LogP contribution in [0.4, 0.5) is 26.4 Å². The Labute approximate surface area is 205 Å². The zero-order valence-electron chi connectivity index (χ0n) is 21.0. The number of alkyl halides is 1. The van der Waals surface area contributed by atoms with Crippen LogP contribution in [0.25, 0.3) is 0 Å². The van der Waals surface area contributed by atoms with Crippen LogP contribution in [-0.4, -0.2) is 71.8 Å². The van der Waals surface area contributed by atoms with E-state index in [1.54, 1.807) is 26.8 Å². The number of carbonyl (C=O) groups excluding carboxylic acids is 2. The molecule has 1 aliphatic heterocycles. The quantitative estimate of drug-likeness (QED) is 0.546. The number of ether oxygens (including phenoxy) is 1. The van der Waals surface area contributed by atoms with E-state index < -0.39 is 29.8 Å². The number of benzene rings is 1. The van der Waals surface area contributed by atoms with E-state index in [1.165, 1.54) is 16.7 Å². The summed E-state index contributed by atoms with van der Waals surface area (Å²) in [5.41, 5.74) is 7.43. The number of nitrogens with two attached hydrogens (primary N) is 1. The number of halogens is 1. The lowest BCUT2D eigenvalue weighted by Crippen LogP contribution is -2.51. The van der Waals surface area contributed by atoms with Gasteiger partial charge in [0.25, 0.3) is 5.91 Å². The van der Waals surface area contributed by atoms with E-state index in [9.17, 15) is 9.59 Å².